The molecule has 2 aliphatic rings. The molecule has 2 saturated heterocycles. The molecule has 0 radical (unpaired) electrons. The number of piperidine rings is 1. The highest BCUT2D eigenvalue weighted by atomic mass is 16.6. The van der Waals surface area contributed by atoms with Crippen LogP contribution in [0.1, 0.15) is 25.7 Å². The monoisotopic (exact) mass is 389 g/mol. The molecule has 27 heavy (non-hydrogen) atoms. The highest BCUT2D eigenvalue weighted by Crippen LogP contribution is 2.15. The van der Waals surface area contributed by atoms with Crippen molar-refractivity contribution in [3.8, 4) is 0 Å². The fourth-order valence-corrected chi connectivity index (χ4v) is 3.88. The van der Waals surface area contributed by atoms with Gasteiger partial charge in [0.25, 0.3) is 0 Å². The zero-order chi connectivity index (χ0) is 19.5. The van der Waals surface area contributed by atoms with Crippen LogP contribution in [0.5, 0.6) is 0 Å². The lowest BCUT2D eigenvalue weighted by molar-refractivity contribution is -0.0654. The molecule has 0 aromatic carbocycles. The van der Waals surface area contributed by atoms with Crippen molar-refractivity contribution in [2.45, 2.75) is 44.0 Å². The maximum absolute atomic E-state index is 6.00. The normalized spacial score (nSPS) is 24.6. The van der Waals surface area contributed by atoms with Crippen molar-refractivity contribution >= 4 is 0 Å². The van der Waals surface area contributed by atoms with Gasteiger partial charge in [0.15, 0.2) is 0 Å². The molecule has 2 atom stereocenters. The lowest BCUT2D eigenvalue weighted by atomic mass is 10.1. The molecule has 0 bridgehead atoms. The van der Waals surface area contributed by atoms with Gasteiger partial charge in [-0.05, 0) is 26.3 Å². The Labute approximate surface area is 163 Å². The minimum absolute atomic E-state index is 0.191. The first-order valence-electron chi connectivity index (χ1n) is 10.1. The van der Waals surface area contributed by atoms with E-state index in [9.17, 15) is 0 Å². The molecular formula is C17H39N7O3. The van der Waals surface area contributed by atoms with E-state index in [4.69, 9.17) is 27.2 Å². The third kappa shape index (κ3) is 8.65. The van der Waals surface area contributed by atoms with Gasteiger partial charge >= 0.3 is 0 Å². The smallest absolute Gasteiger partial charge is 0.0829 e. The topological polar surface area (TPSA) is 128 Å². The van der Waals surface area contributed by atoms with E-state index in [1.165, 1.54) is 0 Å². The predicted molar refractivity (Wildman–Crippen MR) is 104 cm³/mol. The van der Waals surface area contributed by atoms with Crippen molar-refractivity contribution in [1.82, 2.24) is 20.1 Å². The molecular weight excluding hydrogens is 350 g/mol. The van der Waals surface area contributed by atoms with Gasteiger partial charge < -0.3 is 19.3 Å². The van der Waals surface area contributed by atoms with Crippen molar-refractivity contribution in [3.05, 3.63) is 0 Å². The van der Waals surface area contributed by atoms with E-state index in [1.807, 2.05) is 5.01 Å². The number of nitrogens with zero attached hydrogens (tertiary/aromatic N) is 3. The van der Waals surface area contributed by atoms with Crippen LogP contribution in [-0.2, 0) is 14.4 Å². The summed E-state index contributed by atoms with van der Waals surface area (Å²) in [5.41, 5.74) is 0. The second-order valence-corrected chi connectivity index (χ2v) is 7.63. The van der Waals surface area contributed by atoms with E-state index in [1.54, 1.807) is 0 Å². The fraction of sp³-hybridized carbons (Fsp3) is 1.00. The molecule has 7 N–H and O–H groups in total. The highest BCUT2D eigenvalue weighted by molar-refractivity contribution is 4.83. The van der Waals surface area contributed by atoms with Gasteiger partial charge in [-0.1, -0.05) is 0 Å². The Bertz CT molecular complexity index is 386. The minimum atomic E-state index is 0.191. The lowest BCUT2D eigenvalue weighted by Crippen LogP contribution is -2.58. The van der Waals surface area contributed by atoms with Crippen LogP contribution < -0.4 is 23.0 Å². The Balaban J connectivity index is 1.82. The summed E-state index contributed by atoms with van der Waals surface area (Å²) in [6.45, 7) is 7.37. The zero-order valence-corrected chi connectivity index (χ0v) is 16.7. The van der Waals surface area contributed by atoms with Gasteiger partial charge in [0.1, 0.15) is 0 Å². The summed E-state index contributed by atoms with van der Waals surface area (Å²) in [5.74, 6) is 16.3. The number of nitrogens with one attached hydrogen (secondary N) is 1. The quantitative estimate of drug-likeness (QED) is 0.177. The Morgan fingerprint density at radius 2 is 1.93 bits per heavy atom. The summed E-state index contributed by atoms with van der Waals surface area (Å²) in [4.78, 5) is 14.2. The average molecular weight is 390 g/mol. The molecule has 2 fully saturated rings. The summed E-state index contributed by atoms with van der Waals surface area (Å²) in [6.07, 6.45) is 4.34. The third-order valence-electron chi connectivity index (χ3n) is 5.40. The summed E-state index contributed by atoms with van der Waals surface area (Å²) in [7, 11) is 2.11. The van der Waals surface area contributed by atoms with Crippen molar-refractivity contribution in [2.75, 3.05) is 66.1 Å². The van der Waals surface area contributed by atoms with Gasteiger partial charge in [-0.3, -0.25) is 16.1 Å². The molecule has 0 amide bonds. The second kappa shape index (κ2) is 12.9. The van der Waals surface area contributed by atoms with Crippen LogP contribution in [0.3, 0.4) is 0 Å². The molecule has 2 heterocycles. The van der Waals surface area contributed by atoms with E-state index >= 15 is 0 Å². The molecule has 0 aliphatic carbocycles. The molecule has 10 heteroatoms. The predicted octanol–water partition coefficient (Wildman–Crippen LogP) is -1.57. The fourth-order valence-electron chi connectivity index (χ4n) is 3.88. The Kier molecular flexibility index (Phi) is 11.0. The van der Waals surface area contributed by atoms with E-state index in [0.29, 0.717) is 19.3 Å². The first-order valence-corrected chi connectivity index (χ1v) is 10.1. The first kappa shape index (κ1) is 22.9. The number of ether oxygens (including phenoxy) is 1. The van der Waals surface area contributed by atoms with E-state index in [-0.39, 0.29) is 12.3 Å². The number of hydrogen-bond acceptors (Lipinski definition) is 10. The molecule has 10 nitrogen and oxygen atoms in total. The Morgan fingerprint density at radius 1 is 1.19 bits per heavy atom. The van der Waals surface area contributed by atoms with Crippen LogP contribution in [0.2, 0.25) is 0 Å². The lowest BCUT2D eigenvalue weighted by Gasteiger charge is -2.42. The van der Waals surface area contributed by atoms with Crippen LogP contribution in [0, 0.1) is 0 Å². The average Bonchev–Trinajstić information content (AvgIpc) is 2.67. The maximum Gasteiger partial charge on any atom is 0.0829 e. The maximum atomic E-state index is 6.00. The van der Waals surface area contributed by atoms with Crippen LogP contribution in [0.25, 0.3) is 0 Å². The van der Waals surface area contributed by atoms with Gasteiger partial charge in [0, 0.05) is 51.7 Å². The summed E-state index contributed by atoms with van der Waals surface area (Å²) >= 11 is 0. The number of likely N-dealkylation sites (N-methyl/N-ethyl adjacent to an activating group) is 1. The Hall–Kier alpha value is -0.400. The molecule has 0 saturated carbocycles. The van der Waals surface area contributed by atoms with Crippen molar-refractivity contribution in [2.24, 2.45) is 17.6 Å². The van der Waals surface area contributed by atoms with Gasteiger partial charge in [0.05, 0.1) is 32.1 Å². The van der Waals surface area contributed by atoms with Crippen molar-refractivity contribution < 1.29 is 14.4 Å². The van der Waals surface area contributed by atoms with Gasteiger partial charge in [-0.25, -0.2) is 16.8 Å². The molecule has 2 unspecified atom stereocenters. The zero-order valence-electron chi connectivity index (χ0n) is 16.7. The van der Waals surface area contributed by atoms with Gasteiger partial charge in [-0.2, -0.15) is 0 Å². The van der Waals surface area contributed by atoms with Crippen molar-refractivity contribution in [3.63, 3.8) is 0 Å². The number of hydrogen-bond donors (Lipinski definition) is 4. The molecule has 0 spiro atoms. The summed E-state index contributed by atoms with van der Waals surface area (Å²) in [6, 6.07) is 0.479. The molecule has 2 rings (SSSR count). The van der Waals surface area contributed by atoms with Crippen LogP contribution >= 0.6 is 0 Å². The molecule has 2 aliphatic heterocycles. The van der Waals surface area contributed by atoms with E-state index < -0.39 is 0 Å². The van der Waals surface area contributed by atoms with Crippen molar-refractivity contribution in [1.29, 1.82) is 0 Å². The van der Waals surface area contributed by atoms with E-state index in [2.05, 4.69) is 27.0 Å². The highest BCUT2D eigenvalue weighted by Gasteiger charge is 2.29. The third-order valence-corrected chi connectivity index (χ3v) is 5.40. The largest absolute Gasteiger partial charge is 0.374 e. The van der Waals surface area contributed by atoms with Gasteiger partial charge in [0.2, 0.25) is 0 Å². The molecule has 0 aromatic heterocycles. The molecule has 160 valence electrons. The molecule has 0 aromatic rings. The van der Waals surface area contributed by atoms with E-state index in [0.717, 1.165) is 71.6 Å². The SMILES string of the molecule is CN(CCCON)CC1CN(C(CCON)NC2CCN(N)CC2)CCO1. The Morgan fingerprint density at radius 3 is 2.63 bits per heavy atom. The number of rotatable bonds is 12. The number of morpholine rings is 1. The van der Waals surface area contributed by atoms with Crippen LogP contribution in [0.15, 0.2) is 0 Å². The van der Waals surface area contributed by atoms with Gasteiger partial charge in [-0.15, -0.1) is 0 Å². The number of hydrazine groups is 1. The second-order valence-electron chi connectivity index (χ2n) is 7.63. The minimum Gasteiger partial charge on any atom is -0.374 e. The van der Waals surface area contributed by atoms with Crippen LogP contribution in [0.4, 0.5) is 0 Å². The number of nitrogens with two attached hydrogens (primary N) is 3. The standard InChI is InChI=1S/C17H39N7O3/c1-22(6-2-10-26-19)13-16-14-23(9-12-25-16)17(5-11-27-20)21-15-3-7-24(18)8-4-15/h15-17,21H,2-14,18-20H2,1H3. The first-order chi connectivity index (χ1) is 13.1. The van der Waals surface area contributed by atoms with Crippen LogP contribution in [-0.4, -0.2) is 99.3 Å². The summed E-state index contributed by atoms with van der Waals surface area (Å²) in [5, 5.41) is 5.70. The summed E-state index contributed by atoms with van der Waals surface area (Å²) < 4.78 is 6.00.